The van der Waals surface area contributed by atoms with Crippen LogP contribution in [-0.4, -0.2) is 19.6 Å². The highest BCUT2D eigenvalue weighted by molar-refractivity contribution is 4.52. The number of nitrogens with one attached hydrogen (secondary N) is 1. The molecule has 146 valence electrons. The molecule has 0 aromatic rings. The van der Waals surface area contributed by atoms with Gasteiger partial charge in [0.1, 0.15) is 0 Å². The first-order chi connectivity index (χ1) is 11.9. The summed E-state index contributed by atoms with van der Waals surface area (Å²) in [5.41, 5.74) is 5.48. The Morgan fingerprint density at radius 3 is 1.17 bits per heavy atom. The van der Waals surface area contributed by atoms with E-state index in [9.17, 15) is 0 Å². The fourth-order valence-corrected chi connectivity index (χ4v) is 3.32. The quantitative estimate of drug-likeness (QED) is 0.232. The molecule has 0 aliphatic heterocycles. The molecule has 0 atom stereocenters. The summed E-state index contributed by atoms with van der Waals surface area (Å²) in [5, 5.41) is 3.51. The van der Waals surface area contributed by atoms with Gasteiger partial charge in [-0.15, -0.1) is 0 Å². The minimum Gasteiger partial charge on any atom is -0.330 e. The van der Waals surface area contributed by atoms with Crippen molar-refractivity contribution in [1.82, 2.24) is 5.32 Å². The lowest BCUT2D eigenvalue weighted by molar-refractivity contribution is 0.523. The molecule has 2 heteroatoms. The van der Waals surface area contributed by atoms with Gasteiger partial charge < -0.3 is 11.1 Å². The lowest BCUT2D eigenvalue weighted by Crippen LogP contribution is -2.17. The highest BCUT2D eigenvalue weighted by Gasteiger charge is 1.94. The van der Waals surface area contributed by atoms with Gasteiger partial charge in [0, 0.05) is 0 Å². The average Bonchev–Trinajstić information content (AvgIpc) is 2.60. The molecule has 3 N–H and O–H groups in total. The van der Waals surface area contributed by atoms with Crippen LogP contribution >= 0.6 is 0 Å². The van der Waals surface area contributed by atoms with E-state index >= 15 is 0 Å². The number of hydrogen-bond donors (Lipinski definition) is 2. The largest absolute Gasteiger partial charge is 0.330 e. The summed E-state index contributed by atoms with van der Waals surface area (Å²) in [5.74, 6) is 0. The van der Waals surface area contributed by atoms with E-state index < -0.39 is 0 Å². The number of unbranched alkanes of at least 4 members (excludes halogenated alkanes) is 16. The summed E-state index contributed by atoms with van der Waals surface area (Å²) in [6, 6.07) is 0. The van der Waals surface area contributed by atoms with Gasteiger partial charge in [0.25, 0.3) is 0 Å². The minimum atomic E-state index is 0.834. The Balaban J connectivity index is 2.93. The van der Waals surface area contributed by atoms with Crippen LogP contribution in [0.1, 0.15) is 122 Å². The third-order valence-corrected chi connectivity index (χ3v) is 5.01. The second kappa shape index (κ2) is 22.9. The highest BCUT2D eigenvalue weighted by atomic mass is 14.8. The van der Waals surface area contributed by atoms with E-state index in [1.165, 1.54) is 116 Å². The maximum absolute atomic E-state index is 5.48. The van der Waals surface area contributed by atoms with Gasteiger partial charge in [0.2, 0.25) is 0 Å². The molecule has 2 nitrogen and oxygen atoms in total. The van der Waals surface area contributed by atoms with E-state index in [0.29, 0.717) is 0 Å². The zero-order valence-corrected chi connectivity index (χ0v) is 16.9. The molecule has 0 unspecified atom stereocenters. The van der Waals surface area contributed by atoms with Crippen LogP contribution in [0.2, 0.25) is 0 Å². The zero-order valence-electron chi connectivity index (χ0n) is 16.9. The van der Waals surface area contributed by atoms with Gasteiger partial charge in [-0.1, -0.05) is 103 Å². The number of nitrogens with two attached hydrogens (primary N) is 1. The van der Waals surface area contributed by atoms with Crippen molar-refractivity contribution in [3.05, 3.63) is 0 Å². The molecule has 0 fully saturated rings. The summed E-state index contributed by atoms with van der Waals surface area (Å²) in [6.07, 6.45) is 25.5. The van der Waals surface area contributed by atoms with E-state index in [4.69, 9.17) is 5.73 Å². The maximum Gasteiger partial charge on any atom is -0.00484 e. The van der Waals surface area contributed by atoms with Crippen LogP contribution in [0.25, 0.3) is 0 Å². The molecule has 24 heavy (non-hydrogen) atoms. The molecular formula is C22H48N2. The van der Waals surface area contributed by atoms with Crippen LogP contribution in [0.5, 0.6) is 0 Å². The maximum atomic E-state index is 5.48. The zero-order chi connectivity index (χ0) is 17.6. The van der Waals surface area contributed by atoms with Crippen LogP contribution in [0, 0.1) is 0 Å². The van der Waals surface area contributed by atoms with Gasteiger partial charge in [0.15, 0.2) is 0 Å². The first kappa shape index (κ1) is 23.9. The lowest BCUT2D eigenvalue weighted by Gasteiger charge is -2.05. The molecule has 0 radical (unpaired) electrons. The van der Waals surface area contributed by atoms with Gasteiger partial charge >= 0.3 is 0 Å². The van der Waals surface area contributed by atoms with Crippen molar-refractivity contribution in [2.75, 3.05) is 19.6 Å². The van der Waals surface area contributed by atoms with Crippen molar-refractivity contribution < 1.29 is 0 Å². The SMILES string of the molecule is CCCCCCCCCCCCCCCCCCNCCCCN. The van der Waals surface area contributed by atoms with Gasteiger partial charge in [-0.25, -0.2) is 0 Å². The predicted molar refractivity (Wildman–Crippen MR) is 111 cm³/mol. The highest BCUT2D eigenvalue weighted by Crippen LogP contribution is 2.13. The fraction of sp³-hybridized carbons (Fsp3) is 1.00. The second-order valence-corrected chi connectivity index (χ2v) is 7.55. The molecule has 0 aliphatic rings. The Morgan fingerprint density at radius 2 is 0.792 bits per heavy atom. The van der Waals surface area contributed by atoms with Gasteiger partial charge in [-0.2, -0.15) is 0 Å². The smallest absolute Gasteiger partial charge is 0.00484 e. The molecule has 0 saturated carbocycles. The van der Waals surface area contributed by atoms with Crippen LogP contribution < -0.4 is 11.1 Å². The first-order valence-electron chi connectivity index (χ1n) is 11.3. The van der Waals surface area contributed by atoms with Gasteiger partial charge in [-0.3, -0.25) is 0 Å². The van der Waals surface area contributed by atoms with Crippen LogP contribution in [0.15, 0.2) is 0 Å². The van der Waals surface area contributed by atoms with Crippen molar-refractivity contribution in [1.29, 1.82) is 0 Å². The molecule has 0 heterocycles. The molecule has 0 amide bonds. The molecule has 0 aromatic heterocycles. The van der Waals surface area contributed by atoms with Crippen molar-refractivity contribution in [3.63, 3.8) is 0 Å². The van der Waals surface area contributed by atoms with E-state index in [2.05, 4.69) is 12.2 Å². The van der Waals surface area contributed by atoms with E-state index in [1.54, 1.807) is 0 Å². The summed E-state index contributed by atoms with van der Waals surface area (Å²) in [4.78, 5) is 0. The minimum absolute atomic E-state index is 0.834. The Hall–Kier alpha value is -0.0800. The van der Waals surface area contributed by atoms with Crippen molar-refractivity contribution in [3.8, 4) is 0 Å². The van der Waals surface area contributed by atoms with Crippen molar-refractivity contribution in [2.24, 2.45) is 5.73 Å². The standard InChI is InChI=1S/C22H48N2/c1-2-3-4-5-6-7-8-9-10-11-12-13-14-15-16-18-21-24-22-19-17-20-23/h24H,2-23H2,1H3. The summed E-state index contributed by atoms with van der Waals surface area (Å²) in [7, 11) is 0. The fourth-order valence-electron chi connectivity index (χ4n) is 3.32. The molecule has 0 aromatic carbocycles. The molecular weight excluding hydrogens is 292 g/mol. The normalized spacial score (nSPS) is 11.2. The Morgan fingerprint density at radius 1 is 0.458 bits per heavy atom. The third kappa shape index (κ3) is 21.9. The van der Waals surface area contributed by atoms with E-state index in [1.807, 2.05) is 0 Å². The second-order valence-electron chi connectivity index (χ2n) is 7.55. The molecule has 0 rings (SSSR count). The first-order valence-corrected chi connectivity index (χ1v) is 11.3. The van der Waals surface area contributed by atoms with E-state index in [0.717, 1.165) is 19.5 Å². The third-order valence-electron chi connectivity index (χ3n) is 5.01. The summed E-state index contributed by atoms with van der Waals surface area (Å²) in [6.45, 7) is 5.48. The molecule has 0 spiro atoms. The number of hydrogen-bond acceptors (Lipinski definition) is 2. The topological polar surface area (TPSA) is 38.0 Å². The van der Waals surface area contributed by atoms with Crippen LogP contribution in [0.3, 0.4) is 0 Å². The average molecular weight is 341 g/mol. The monoisotopic (exact) mass is 340 g/mol. The summed E-state index contributed by atoms with van der Waals surface area (Å²) >= 11 is 0. The van der Waals surface area contributed by atoms with Crippen molar-refractivity contribution in [2.45, 2.75) is 122 Å². The lowest BCUT2D eigenvalue weighted by atomic mass is 10.0. The number of rotatable bonds is 21. The van der Waals surface area contributed by atoms with Gasteiger partial charge in [-0.05, 0) is 38.9 Å². The molecule has 0 aliphatic carbocycles. The molecule has 0 saturated heterocycles. The van der Waals surface area contributed by atoms with Crippen molar-refractivity contribution >= 4 is 0 Å². The van der Waals surface area contributed by atoms with Crippen LogP contribution in [-0.2, 0) is 0 Å². The van der Waals surface area contributed by atoms with E-state index in [-0.39, 0.29) is 0 Å². The Kier molecular flexibility index (Phi) is 22.8. The predicted octanol–water partition coefficient (Wildman–Crippen LogP) is 6.58. The Bertz CT molecular complexity index is 184. The summed E-state index contributed by atoms with van der Waals surface area (Å²) < 4.78 is 0. The molecule has 0 bridgehead atoms. The van der Waals surface area contributed by atoms with Gasteiger partial charge in [0.05, 0.1) is 0 Å². The van der Waals surface area contributed by atoms with Crippen LogP contribution in [0.4, 0.5) is 0 Å². The Labute approximate surface area is 153 Å².